The third-order valence-electron chi connectivity index (χ3n) is 2.43. The molecule has 5 heteroatoms. The molecule has 0 radical (unpaired) electrons. The zero-order valence-corrected chi connectivity index (χ0v) is 11.7. The second-order valence-electron chi connectivity index (χ2n) is 3.92. The van der Waals surface area contributed by atoms with Crippen molar-refractivity contribution in [3.8, 4) is 0 Å². The molecule has 0 saturated carbocycles. The van der Waals surface area contributed by atoms with E-state index in [1.807, 2.05) is 18.2 Å². The van der Waals surface area contributed by atoms with Gasteiger partial charge in [-0.15, -0.1) is 0 Å². The normalized spacial score (nSPS) is 10.1. The van der Waals surface area contributed by atoms with Gasteiger partial charge < -0.3 is 9.84 Å². The zero-order chi connectivity index (χ0) is 13.5. The van der Waals surface area contributed by atoms with Gasteiger partial charge >= 0.3 is 11.9 Å². The van der Waals surface area contributed by atoms with Crippen molar-refractivity contribution in [2.45, 2.75) is 32.8 Å². The van der Waals surface area contributed by atoms with Crippen molar-refractivity contribution in [1.82, 2.24) is 0 Å². The molecule has 4 nitrogen and oxygen atoms in total. The monoisotopic (exact) mass is 314 g/mol. The number of aliphatic carboxylic acids is 1. The average Bonchev–Trinajstić information content (AvgIpc) is 2.29. The summed E-state index contributed by atoms with van der Waals surface area (Å²) >= 11 is 3.46. The second-order valence-corrected chi connectivity index (χ2v) is 4.71. The molecule has 0 aromatic heterocycles. The topological polar surface area (TPSA) is 63.6 Å². The summed E-state index contributed by atoms with van der Waals surface area (Å²) in [5.41, 5.74) is 1.92. The van der Waals surface area contributed by atoms with Crippen LogP contribution >= 0.6 is 15.9 Å². The summed E-state index contributed by atoms with van der Waals surface area (Å²) in [6, 6.07) is 5.68. The Kier molecular flexibility index (Phi) is 5.85. The fourth-order valence-electron chi connectivity index (χ4n) is 1.55. The van der Waals surface area contributed by atoms with Gasteiger partial charge in [-0.05, 0) is 18.4 Å². The number of carboxylic acids is 1. The van der Waals surface area contributed by atoms with Gasteiger partial charge in [0.25, 0.3) is 0 Å². The van der Waals surface area contributed by atoms with E-state index in [-0.39, 0.29) is 19.0 Å². The zero-order valence-electron chi connectivity index (χ0n) is 10.1. The van der Waals surface area contributed by atoms with E-state index in [1.54, 1.807) is 0 Å². The van der Waals surface area contributed by atoms with Crippen molar-refractivity contribution in [2.75, 3.05) is 0 Å². The number of aryl methyl sites for hydroxylation is 1. The molecule has 0 fully saturated rings. The summed E-state index contributed by atoms with van der Waals surface area (Å²) in [7, 11) is 0. The van der Waals surface area contributed by atoms with Crippen LogP contribution < -0.4 is 0 Å². The van der Waals surface area contributed by atoms with Gasteiger partial charge in [0, 0.05) is 23.4 Å². The minimum absolute atomic E-state index is 0.153. The van der Waals surface area contributed by atoms with Crippen molar-refractivity contribution >= 4 is 27.9 Å². The van der Waals surface area contributed by atoms with Gasteiger partial charge in [-0.25, -0.2) is 0 Å². The summed E-state index contributed by atoms with van der Waals surface area (Å²) in [6.07, 6.45) is 1.42. The van der Waals surface area contributed by atoms with Crippen LogP contribution in [0.2, 0.25) is 0 Å². The highest BCUT2D eigenvalue weighted by Crippen LogP contribution is 2.24. The first kappa shape index (κ1) is 14.7. The molecule has 1 rings (SSSR count). The molecule has 0 aliphatic carbocycles. The Labute approximate surface area is 114 Å². The molecular weight excluding hydrogens is 300 g/mol. The average molecular weight is 315 g/mol. The Morgan fingerprint density at radius 3 is 2.61 bits per heavy atom. The van der Waals surface area contributed by atoms with Crippen molar-refractivity contribution in [2.24, 2.45) is 0 Å². The Bertz CT molecular complexity index is 443. The van der Waals surface area contributed by atoms with Crippen LogP contribution in [0, 0.1) is 0 Å². The van der Waals surface area contributed by atoms with Crippen molar-refractivity contribution in [3.63, 3.8) is 0 Å². The third-order valence-corrected chi connectivity index (χ3v) is 3.44. The van der Waals surface area contributed by atoms with E-state index in [0.717, 1.165) is 15.6 Å². The van der Waals surface area contributed by atoms with Crippen LogP contribution in [0.25, 0.3) is 0 Å². The van der Waals surface area contributed by atoms with Crippen LogP contribution in [-0.4, -0.2) is 17.0 Å². The SMILES string of the molecule is CC(=O)OCc1cccc(CCCC(=O)O)c1Br. The van der Waals surface area contributed by atoms with E-state index in [9.17, 15) is 9.59 Å². The number of carbonyl (C=O) groups is 2. The minimum atomic E-state index is -0.790. The summed E-state index contributed by atoms with van der Waals surface area (Å²) in [5, 5.41) is 8.59. The molecule has 98 valence electrons. The summed E-state index contributed by atoms with van der Waals surface area (Å²) in [6.45, 7) is 1.59. The summed E-state index contributed by atoms with van der Waals surface area (Å²) in [4.78, 5) is 21.2. The number of carboxylic acid groups (broad SMARTS) is 1. The highest BCUT2D eigenvalue weighted by Gasteiger charge is 2.07. The van der Waals surface area contributed by atoms with Gasteiger partial charge in [-0.2, -0.15) is 0 Å². The lowest BCUT2D eigenvalue weighted by molar-refractivity contribution is -0.142. The van der Waals surface area contributed by atoms with Gasteiger partial charge in [0.2, 0.25) is 0 Å². The fourth-order valence-corrected chi connectivity index (χ4v) is 2.12. The highest BCUT2D eigenvalue weighted by atomic mass is 79.9. The van der Waals surface area contributed by atoms with E-state index < -0.39 is 5.97 Å². The maximum Gasteiger partial charge on any atom is 0.303 e. The van der Waals surface area contributed by atoms with Gasteiger partial charge in [0.1, 0.15) is 6.61 Å². The smallest absolute Gasteiger partial charge is 0.303 e. The maximum absolute atomic E-state index is 10.8. The predicted molar refractivity (Wildman–Crippen MR) is 70.2 cm³/mol. The number of carbonyl (C=O) groups excluding carboxylic acids is 1. The van der Waals surface area contributed by atoms with E-state index in [4.69, 9.17) is 9.84 Å². The number of hydrogen-bond donors (Lipinski definition) is 1. The van der Waals surface area contributed by atoms with Crippen LogP contribution in [0.4, 0.5) is 0 Å². The van der Waals surface area contributed by atoms with E-state index >= 15 is 0 Å². The van der Waals surface area contributed by atoms with E-state index in [2.05, 4.69) is 15.9 Å². The Balaban J connectivity index is 2.66. The first-order valence-electron chi connectivity index (χ1n) is 5.62. The summed E-state index contributed by atoms with van der Waals surface area (Å²) < 4.78 is 5.83. The molecule has 0 heterocycles. The lowest BCUT2D eigenvalue weighted by atomic mass is 10.1. The Hall–Kier alpha value is -1.36. The summed E-state index contributed by atoms with van der Waals surface area (Å²) in [5.74, 6) is -1.11. The molecule has 0 aliphatic heterocycles. The molecule has 0 aliphatic rings. The van der Waals surface area contributed by atoms with Gasteiger partial charge in [-0.3, -0.25) is 9.59 Å². The molecular formula is C13H15BrO4. The quantitative estimate of drug-likeness (QED) is 0.820. The van der Waals surface area contributed by atoms with E-state index in [1.165, 1.54) is 6.92 Å². The first-order chi connectivity index (χ1) is 8.50. The fraction of sp³-hybridized carbons (Fsp3) is 0.385. The predicted octanol–water partition coefficient (Wildman–Crippen LogP) is 2.92. The van der Waals surface area contributed by atoms with Crippen LogP contribution in [-0.2, 0) is 27.4 Å². The third kappa shape index (κ3) is 4.87. The van der Waals surface area contributed by atoms with Crippen molar-refractivity contribution < 1.29 is 19.4 Å². The Morgan fingerprint density at radius 1 is 1.33 bits per heavy atom. The largest absolute Gasteiger partial charge is 0.481 e. The number of ether oxygens (including phenoxy) is 1. The number of rotatable bonds is 6. The second kappa shape index (κ2) is 7.16. The van der Waals surface area contributed by atoms with Gasteiger partial charge in [0.15, 0.2) is 0 Å². The molecule has 0 unspecified atom stereocenters. The van der Waals surface area contributed by atoms with E-state index in [0.29, 0.717) is 12.8 Å². The molecule has 0 spiro atoms. The number of benzene rings is 1. The van der Waals surface area contributed by atoms with Gasteiger partial charge in [0.05, 0.1) is 0 Å². The molecule has 18 heavy (non-hydrogen) atoms. The molecule has 0 saturated heterocycles. The van der Waals surface area contributed by atoms with Crippen LogP contribution in [0.15, 0.2) is 22.7 Å². The van der Waals surface area contributed by atoms with Gasteiger partial charge in [-0.1, -0.05) is 34.1 Å². The number of halogens is 1. The van der Waals surface area contributed by atoms with Crippen LogP contribution in [0.3, 0.4) is 0 Å². The molecule has 0 amide bonds. The standard InChI is InChI=1S/C13H15BrO4/c1-9(15)18-8-11-6-2-4-10(13(11)14)5-3-7-12(16)17/h2,4,6H,3,5,7-8H2,1H3,(H,16,17). The minimum Gasteiger partial charge on any atom is -0.481 e. The van der Waals surface area contributed by atoms with Crippen LogP contribution in [0.5, 0.6) is 0 Å². The number of esters is 1. The molecule has 1 N–H and O–H groups in total. The Morgan fingerprint density at radius 2 is 2.00 bits per heavy atom. The van der Waals surface area contributed by atoms with Crippen molar-refractivity contribution in [3.05, 3.63) is 33.8 Å². The molecule has 1 aromatic rings. The first-order valence-corrected chi connectivity index (χ1v) is 6.41. The molecule has 0 atom stereocenters. The molecule has 0 bridgehead atoms. The lowest BCUT2D eigenvalue weighted by Crippen LogP contribution is -2.01. The van der Waals surface area contributed by atoms with Crippen molar-refractivity contribution in [1.29, 1.82) is 0 Å². The molecule has 1 aromatic carbocycles. The maximum atomic E-state index is 10.8. The number of hydrogen-bond acceptors (Lipinski definition) is 3. The lowest BCUT2D eigenvalue weighted by Gasteiger charge is -2.09. The van der Waals surface area contributed by atoms with Crippen LogP contribution in [0.1, 0.15) is 30.9 Å². The highest BCUT2D eigenvalue weighted by molar-refractivity contribution is 9.10.